The molecule has 6 nitrogen and oxygen atoms in total. The summed E-state index contributed by atoms with van der Waals surface area (Å²) in [7, 11) is 0. The highest BCUT2D eigenvalue weighted by Gasteiger charge is 2.25. The summed E-state index contributed by atoms with van der Waals surface area (Å²) in [5.74, 6) is -3.65. The van der Waals surface area contributed by atoms with Crippen molar-refractivity contribution in [2.24, 2.45) is 0 Å². The van der Waals surface area contributed by atoms with E-state index in [-0.39, 0.29) is 0 Å². The van der Waals surface area contributed by atoms with E-state index in [1.807, 2.05) is 12.1 Å². The lowest BCUT2D eigenvalue weighted by Gasteiger charge is -2.38. The van der Waals surface area contributed by atoms with Crippen LogP contribution < -0.4 is 0 Å². The largest absolute Gasteiger partial charge is 0.473 e. The van der Waals surface area contributed by atoms with E-state index in [0.717, 1.165) is 17.6 Å². The maximum atomic E-state index is 9.10. The molecule has 27 heavy (non-hydrogen) atoms. The third-order valence-electron chi connectivity index (χ3n) is 5.25. The minimum atomic E-state index is -1.82. The van der Waals surface area contributed by atoms with Crippen LogP contribution in [0.2, 0.25) is 5.02 Å². The van der Waals surface area contributed by atoms with Crippen molar-refractivity contribution in [3.63, 3.8) is 0 Å². The number of piperidine rings is 1. The Balaban J connectivity index is 0.000000380. The van der Waals surface area contributed by atoms with Crippen LogP contribution in [-0.4, -0.2) is 64.2 Å². The Kier molecular flexibility index (Phi) is 9.04. The fourth-order valence-corrected chi connectivity index (χ4v) is 3.97. The van der Waals surface area contributed by atoms with Crippen LogP contribution in [0.1, 0.15) is 44.1 Å². The average molecular weight is 397 g/mol. The number of rotatable bonds is 3. The van der Waals surface area contributed by atoms with Crippen molar-refractivity contribution in [2.45, 2.75) is 51.1 Å². The second-order valence-corrected chi connectivity index (χ2v) is 7.57. The molecule has 2 fully saturated rings. The number of benzene rings is 1. The molecule has 0 spiro atoms. The molecule has 3 rings (SSSR count). The smallest absolute Gasteiger partial charge is 0.414 e. The molecule has 0 aromatic heterocycles. The molecule has 2 aliphatic heterocycles. The first kappa shape index (κ1) is 21.7. The molecular formula is C20H29ClN2O4. The molecule has 7 heteroatoms. The van der Waals surface area contributed by atoms with Gasteiger partial charge in [-0.25, -0.2) is 9.59 Å². The monoisotopic (exact) mass is 396 g/mol. The van der Waals surface area contributed by atoms with Crippen molar-refractivity contribution in [2.75, 3.05) is 26.2 Å². The van der Waals surface area contributed by atoms with Crippen molar-refractivity contribution < 1.29 is 19.8 Å². The maximum absolute atomic E-state index is 9.10. The summed E-state index contributed by atoms with van der Waals surface area (Å²) in [5, 5.41) is 15.7. The lowest BCUT2D eigenvalue weighted by atomic mass is 10.0. The molecule has 2 aliphatic rings. The van der Waals surface area contributed by atoms with Crippen molar-refractivity contribution in [1.82, 2.24) is 9.80 Å². The van der Waals surface area contributed by atoms with Crippen LogP contribution in [0.3, 0.4) is 0 Å². The van der Waals surface area contributed by atoms with E-state index in [0.29, 0.717) is 0 Å². The van der Waals surface area contributed by atoms with Gasteiger partial charge in [-0.2, -0.15) is 0 Å². The molecule has 1 aromatic rings. The van der Waals surface area contributed by atoms with Gasteiger partial charge in [-0.3, -0.25) is 4.90 Å². The minimum absolute atomic E-state index is 0.825. The summed E-state index contributed by atoms with van der Waals surface area (Å²) in [6, 6.07) is 9.08. The highest BCUT2D eigenvalue weighted by molar-refractivity contribution is 6.31. The summed E-state index contributed by atoms with van der Waals surface area (Å²) in [6.07, 6.45) is 8.32. The number of carbonyl (C=O) groups is 2. The van der Waals surface area contributed by atoms with Gasteiger partial charge in [-0.05, 0) is 63.5 Å². The molecular weight excluding hydrogens is 368 g/mol. The molecule has 0 bridgehead atoms. The fourth-order valence-electron chi connectivity index (χ4n) is 3.77. The second kappa shape index (κ2) is 11.3. The zero-order valence-electron chi connectivity index (χ0n) is 15.6. The van der Waals surface area contributed by atoms with Gasteiger partial charge in [-0.15, -0.1) is 0 Å². The van der Waals surface area contributed by atoms with Gasteiger partial charge >= 0.3 is 11.9 Å². The predicted octanol–water partition coefficient (Wildman–Crippen LogP) is 3.34. The van der Waals surface area contributed by atoms with Crippen molar-refractivity contribution in [1.29, 1.82) is 0 Å². The van der Waals surface area contributed by atoms with E-state index in [1.165, 1.54) is 70.3 Å². The van der Waals surface area contributed by atoms with Gasteiger partial charge in [-0.1, -0.05) is 42.6 Å². The summed E-state index contributed by atoms with van der Waals surface area (Å²) in [5.41, 5.74) is 1.27. The summed E-state index contributed by atoms with van der Waals surface area (Å²) >= 11 is 6.28. The SMILES string of the molecule is Clc1ccccc1CN1CCC(N2CCCCCC2)CC1.O=C(O)C(=O)O. The average Bonchev–Trinajstić information content (AvgIpc) is 2.94. The summed E-state index contributed by atoms with van der Waals surface area (Å²) in [6.45, 7) is 6.09. The molecule has 0 radical (unpaired) electrons. The van der Waals surface area contributed by atoms with E-state index < -0.39 is 11.9 Å². The first-order valence-corrected chi connectivity index (χ1v) is 10.0. The first-order valence-electron chi connectivity index (χ1n) is 9.63. The predicted molar refractivity (Wildman–Crippen MR) is 105 cm³/mol. The van der Waals surface area contributed by atoms with Crippen LogP contribution in [0.5, 0.6) is 0 Å². The van der Waals surface area contributed by atoms with Crippen molar-refractivity contribution in [3.8, 4) is 0 Å². The maximum Gasteiger partial charge on any atom is 0.414 e. The topological polar surface area (TPSA) is 81.1 Å². The number of hydrogen-bond acceptors (Lipinski definition) is 4. The lowest BCUT2D eigenvalue weighted by molar-refractivity contribution is -0.159. The third kappa shape index (κ3) is 7.48. The fraction of sp³-hybridized carbons (Fsp3) is 0.600. The highest BCUT2D eigenvalue weighted by Crippen LogP contribution is 2.23. The van der Waals surface area contributed by atoms with Crippen LogP contribution in [0, 0.1) is 0 Å². The van der Waals surface area contributed by atoms with E-state index in [4.69, 9.17) is 31.4 Å². The molecule has 1 aromatic carbocycles. The van der Waals surface area contributed by atoms with Crippen LogP contribution in [0.4, 0.5) is 0 Å². The third-order valence-corrected chi connectivity index (χ3v) is 5.62. The Bertz CT molecular complexity index is 598. The number of carboxylic acid groups (broad SMARTS) is 2. The Morgan fingerprint density at radius 2 is 1.48 bits per heavy atom. The van der Waals surface area contributed by atoms with E-state index in [9.17, 15) is 0 Å². The molecule has 150 valence electrons. The number of aliphatic carboxylic acids is 2. The lowest BCUT2D eigenvalue weighted by Crippen LogP contribution is -2.45. The molecule has 2 saturated heterocycles. The second-order valence-electron chi connectivity index (χ2n) is 7.16. The molecule has 0 aliphatic carbocycles. The number of hydrogen-bond donors (Lipinski definition) is 2. The van der Waals surface area contributed by atoms with Gasteiger partial charge < -0.3 is 15.1 Å². The van der Waals surface area contributed by atoms with E-state index in [1.54, 1.807) is 0 Å². The Labute approximate surface area is 165 Å². The summed E-state index contributed by atoms with van der Waals surface area (Å²) in [4.78, 5) is 23.5. The molecule has 0 unspecified atom stereocenters. The zero-order chi connectivity index (χ0) is 19.6. The van der Waals surface area contributed by atoms with Gasteiger partial charge in [0, 0.05) is 17.6 Å². The van der Waals surface area contributed by atoms with E-state index in [2.05, 4.69) is 21.9 Å². The number of likely N-dealkylation sites (tertiary alicyclic amines) is 2. The van der Waals surface area contributed by atoms with Crippen molar-refractivity contribution >= 4 is 23.5 Å². The van der Waals surface area contributed by atoms with Crippen LogP contribution >= 0.6 is 11.6 Å². The molecule has 0 amide bonds. The van der Waals surface area contributed by atoms with Gasteiger partial charge in [0.25, 0.3) is 0 Å². The normalized spacial score (nSPS) is 19.6. The number of halogens is 1. The van der Waals surface area contributed by atoms with Gasteiger partial charge in [0.15, 0.2) is 0 Å². The van der Waals surface area contributed by atoms with E-state index >= 15 is 0 Å². The van der Waals surface area contributed by atoms with Gasteiger partial charge in [0.2, 0.25) is 0 Å². The van der Waals surface area contributed by atoms with Crippen molar-refractivity contribution in [3.05, 3.63) is 34.9 Å². The Morgan fingerprint density at radius 3 is 2.00 bits per heavy atom. The zero-order valence-corrected chi connectivity index (χ0v) is 16.4. The van der Waals surface area contributed by atoms with Crippen LogP contribution in [0.25, 0.3) is 0 Å². The summed E-state index contributed by atoms with van der Waals surface area (Å²) < 4.78 is 0. The molecule has 2 N–H and O–H groups in total. The van der Waals surface area contributed by atoms with Crippen LogP contribution in [-0.2, 0) is 16.1 Å². The molecule has 0 saturated carbocycles. The molecule has 2 heterocycles. The number of nitrogens with zero attached hydrogens (tertiary/aromatic N) is 2. The minimum Gasteiger partial charge on any atom is -0.473 e. The quantitative estimate of drug-likeness (QED) is 0.762. The Morgan fingerprint density at radius 1 is 0.926 bits per heavy atom. The highest BCUT2D eigenvalue weighted by atomic mass is 35.5. The number of carboxylic acids is 2. The van der Waals surface area contributed by atoms with Crippen LogP contribution in [0.15, 0.2) is 24.3 Å². The Hall–Kier alpha value is -1.63. The van der Waals surface area contributed by atoms with Gasteiger partial charge in [0.05, 0.1) is 0 Å². The molecule has 0 atom stereocenters. The standard InChI is InChI=1S/C18H27ClN2.C2H2O4/c19-18-8-4-3-7-16(18)15-20-13-9-17(10-14-20)21-11-5-1-2-6-12-21;3-1(4)2(5)6/h3-4,7-8,17H,1-2,5-6,9-15H2;(H,3,4)(H,5,6). The van der Waals surface area contributed by atoms with Gasteiger partial charge in [0.1, 0.15) is 0 Å². The first-order chi connectivity index (χ1) is 13.0.